The van der Waals surface area contributed by atoms with Crippen LogP contribution in [-0.2, 0) is 13.5 Å². The molecule has 1 rings (SSSR count). The first kappa shape index (κ1) is 13.6. The molecule has 0 N–H and O–H groups in total. The lowest BCUT2D eigenvalue weighted by molar-refractivity contribution is 0.366. The number of aromatic nitrogens is 2. The summed E-state index contributed by atoms with van der Waals surface area (Å²) in [4.78, 5) is 0. The van der Waals surface area contributed by atoms with Crippen LogP contribution in [0, 0.1) is 5.41 Å². The number of hydrogen-bond acceptors (Lipinski definition) is 1. The van der Waals surface area contributed by atoms with Crippen molar-refractivity contribution in [2.75, 3.05) is 0 Å². The van der Waals surface area contributed by atoms with Gasteiger partial charge in [0.2, 0.25) is 0 Å². The summed E-state index contributed by atoms with van der Waals surface area (Å²) in [5.41, 5.74) is 1.54. The zero-order chi connectivity index (χ0) is 12.2. The topological polar surface area (TPSA) is 17.8 Å². The molecule has 0 bridgehead atoms. The minimum atomic E-state index is 0.218. The lowest BCUT2D eigenvalue weighted by Gasteiger charge is -2.24. The number of aryl methyl sites for hydroxylation is 2. The first-order valence-corrected chi connectivity index (χ1v) is 6.45. The van der Waals surface area contributed by atoms with Crippen molar-refractivity contribution in [3.05, 3.63) is 18.0 Å². The van der Waals surface area contributed by atoms with Crippen LogP contribution in [-0.4, -0.2) is 15.2 Å². The predicted octanol–water partition coefficient (Wildman–Crippen LogP) is 3.79. The second-order valence-electron chi connectivity index (χ2n) is 5.60. The predicted molar refractivity (Wildman–Crippen MR) is 69.9 cm³/mol. The lowest BCUT2D eigenvalue weighted by atomic mass is 9.88. The minimum absolute atomic E-state index is 0.218. The van der Waals surface area contributed by atoms with E-state index in [1.807, 2.05) is 17.9 Å². The van der Waals surface area contributed by atoms with Crippen LogP contribution in [0.5, 0.6) is 0 Å². The summed E-state index contributed by atoms with van der Waals surface area (Å²) < 4.78 is 1.86. The average molecular weight is 243 g/mol. The molecule has 1 aromatic heterocycles. The van der Waals surface area contributed by atoms with Crippen molar-refractivity contribution in [1.29, 1.82) is 0 Å². The zero-order valence-electron chi connectivity index (χ0n) is 10.8. The molecule has 16 heavy (non-hydrogen) atoms. The highest BCUT2D eigenvalue weighted by atomic mass is 35.5. The van der Waals surface area contributed by atoms with Gasteiger partial charge in [0.05, 0.1) is 6.20 Å². The van der Waals surface area contributed by atoms with E-state index in [9.17, 15) is 0 Å². The van der Waals surface area contributed by atoms with Gasteiger partial charge < -0.3 is 0 Å². The van der Waals surface area contributed by atoms with E-state index in [0.717, 1.165) is 12.8 Å². The standard InChI is InChI=1S/C13H23ClN2/c1-13(2,3)12(14)8-6-5-7-11-9-15-16(4)10-11/h9-10,12H,5-8H2,1-4H3. The maximum absolute atomic E-state index is 6.33. The molecule has 1 aromatic rings. The molecule has 0 aliphatic carbocycles. The first-order valence-electron chi connectivity index (χ1n) is 6.01. The Kier molecular flexibility index (Phi) is 4.85. The first-order chi connectivity index (χ1) is 7.39. The highest BCUT2D eigenvalue weighted by Gasteiger charge is 2.21. The van der Waals surface area contributed by atoms with E-state index in [-0.39, 0.29) is 10.8 Å². The van der Waals surface area contributed by atoms with Crippen LogP contribution in [0.1, 0.15) is 45.6 Å². The Morgan fingerprint density at radius 3 is 2.56 bits per heavy atom. The van der Waals surface area contributed by atoms with Crippen LogP contribution >= 0.6 is 11.6 Å². The van der Waals surface area contributed by atoms with Gasteiger partial charge in [-0.1, -0.05) is 27.2 Å². The van der Waals surface area contributed by atoms with E-state index in [1.165, 1.54) is 18.4 Å². The number of nitrogens with zero attached hydrogens (tertiary/aromatic N) is 2. The molecule has 1 unspecified atom stereocenters. The zero-order valence-corrected chi connectivity index (χ0v) is 11.6. The molecule has 0 saturated heterocycles. The van der Waals surface area contributed by atoms with Crippen LogP contribution in [0.25, 0.3) is 0 Å². The molecular weight excluding hydrogens is 220 g/mol. The Hall–Kier alpha value is -0.500. The summed E-state index contributed by atoms with van der Waals surface area (Å²) >= 11 is 6.33. The average Bonchev–Trinajstić information content (AvgIpc) is 2.57. The normalized spacial score (nSPS) is 14.1. The molecule has 0 aromatic carbocycles. The van der Waals surface area contributed by atoms with Crippen molar-refractivity contribution in [3.63, 3.8) is 0 Å². The van der Waals surface area contributed by atoms with Gasteiger partial charge in [-0.05, 0) is 30.2 Å². The highest BCUT2D eigenvalue weighted by molar-refractivity contribution is 6.21. The molecular formula is C13H23ClN2. The fourth-order valence-electron chi connectivity index (χ4n) is 1.69. The number of hydrogen-bond donors (Lipinski definition) is 0. The second kappa shape index (κ2) is 5.72. The largest absolute Gasteiger partial charge is 0.276 e. The van der Waals surface area contributed by atoms with Crippen LogP contribution in [0.2, 0.25) is 0 Å². The van der Waals surface area contributed by atoms with Crippen LogP contribution in [0.15, 0.2) is 12.4 Å². The number of alkyl halides is 1. The van der Waals surface area contributed by atoms with Gasteiger partial charge in [-0.2, -0.15) is 5.10 Å². The summed E-state index contributed by atoms with van der Waals surface area (Å²) in [5.74, 6) is 0. The number of unbranched alkanes of at least 4 members (excludes halogenated alkanes) is 1. The summed E-state index contributed by atoms with van der Waals surface area (Å²) in [6.07, 6.45) is 8.64. The third kappa shape index (κ3) is 4.56. The molecule has 1 atom stereocenters. The Morgan fingerprint density at radius 1 is 1.38 bits per heavy atom. The minimum Gasteiger partial charge on any atom is -0.276 e. The van der Waals surface area contributed by atoms with Gasteiger partial charge in [-0.3, -0.25) is 4.68 Å². The SMILES string of the molecule is Cn1cc(CCCCC(Cl)C(C)(C)C)cn1. The van der Waals surface area contributed by atoms with E-state index in [0.29, 0.717) is 0 Å². The molecule has 0 spiro atoms. The van der Waals surface area contributed by atoms with E-state index in [2.05, 4.69) is 32.1 Å². The Bertz CT molecular complexity index is 312. The molecule has 2 nitrogen and oxygen atoms in total. The van der Waals surface area contributed by atoms with Crippen molar-refractivity contribution < 1.29 is 0 Å². The fourth-order valence-corrected chi connectivity index (χ4v) is 1.84. The molecule has 0 aliphatic heterocycles. The summed E-state index contributed by atoms with van der Waals surface area (Å²) in [6.45, 7) is 6.60. The Labute approximate surface area is 104 Å². The maximum Gasteiger partial charge on any atom is 0.0521 e. The number of halogens is 1. The van der Waals surface area contributed by atoms with E-state index in [1.54, 1.807) is 0 Å². The van der Waals surface area contributed by atoms with E-state index < -0.39 is 0 Å². The van der Waals surface area contributed by atoms with Crippen LogP contribution in [0.3, 0.4) is 0 Å². The van der Waals surface area contributed by atoms with Gasteiger partial charge in [-0.25, -0.2) is 0 Å². The third-order valence-electron chi connectivity index (χ3n) is 2.87. The lowest BCUT2D eigenvalue weighted by Crippen LogP contribution is -2.20. The van der Waals surface area contributed by atoms with Crippen molar-refractivity contribution in [3.8, 4) is 0 Å². The highest BCUT2D eigenvalue weighted by Crippen LogP contribution is 2.28. The van der Waals surface area contributed by atoms with Gasteiger partial charge >= 0.3 is 0 Å². The Morgan fingerprint density at radius 2 is 2.06 bits per heavy atom. The van der Waals surface area contributed by atoms with Gasteiger partial charge in [0.1, 0.15) is 0 Å². The summed E-state index contributed by atoms with van der Waals surface area (Å²) in [5, 5.41) is 4.44. The molecule has 0 radical (unpaired) electrons. The molecule has 3 heteroatoms. The van der Waals surface area contributed by atoms with Crippen molar-refractivity contribution in [2.24, 2.45) is 12.5 Å². The molecule has 1 heterocycles. The van der Waals surface area contributed by atoms with Crippen LogP contribution in [0.4, 0.5) is 0 Å². The van der Waals surface area contributed by atoms with E-state index >= 15 is 0 Å². The summed E-state index contributed by atoms with van der Waals surface area (Å²) in [7, 11) is 1.96. The maximum atomic E-state index is 6.33. The van der Waals surface area contributed by atoms with Crippen LogP contribution < -0.4 is 0 Å². The van der Waals surface area contributed by atoms with Crippen molar-refractivity contribution in [2.45, 2.75) is 51.8 Å². The van der Waals surface area contributed by atoms with Gasteiger partial charge in [0.15, 0.2) is 0 Å². The molecule has 0 aliphatic rings. The second-order valence-corrected chi connectivity index (χ2v) is 6.13. The quantitative estimate of drug-likeness (QED) is 0.568. The Balaban J connectivity index is 2.17. The van der Waals surface area contributed by atoms with Crippen molar-refractivity contribution >= 4 is 11.6 Å². The third-order valence-corrected chi connectivity index (χ3v) is 3.74. The van der Waals surface area contributed by atoms with Gasteiger partial charge in [-0.15, -0.1) is 11.6 Å². The molecule has 0 fully saturated rings. The smallest absolute Gasteiger partial charge is 0.0521 e. The van der Waals surface area contributed by atoms with Gasteiger partial charge in [0.25, 0.3) is 0 Å². The monoisotopic (exact) mass is 242 g/mol. The molecule has 0 amide bonds. The summed E-state index contributed by atoms with van der Waals surface area (Å²) in [6, 6.07) is 0. The van der Waals surface area contributed by atoms with Gasteiger partial charge in [0, 0.05) is 18.6 Å². The van der Waals surface area contributed by atoms with E-state index in [4.69, 9.17) is 11.6 Å². The van der Waals surface area contributed by atoms with Crippen molar-refractivity contribution in [1.82, 2.24) is 9.78 Å². The molecule has 92 valence electrons. The fraction of sp³-hybridized carbons (Fsp3) is 0.769. The number of rotatable bonds is 5. The molecule has 0 saturated carbocycles.